The summed E-state index contributed by atoms with van der Waals surface area (Å²) < 4.78 is 13.1. The highest BCUT2D eigenvalue weighted by Crippen LogP contribution is 2.38. The lowest BCUT2D eigenvalue weighted by Gasteiger charge is -2.17. The summed E-state index contributed by atoms with van der Waals surface area (Å²) in [5.74, 6) is 0.850. The highest BCUT2D eigenvalue weighted by molar-refractivity contribution is 9.10. The van der Waals surface area contributed by atoms with E-state index in [0.717, 1.165) is 32.9 Å². The van der Waals surface area contributed by atoms with Crippen LogP contribution >= 0.6 is 39.3 Å². The number of amides is 2. The SMILES string of the molecule is C=CCc1cc(/C=C2\SC(=O)N(Cc3ccccc3Cl)C2=O)cc(OCC)c1OCc1ccc(Br)cc1. The summed E-state index contributed by atoms with van der Waals surface area (Å²) in [5.41, 5.74) is 3.34. The third-order valence-corrected chi connectivity index (χ3v) is 7.38. The number of thioether (sulfide) groups is 1. The average Bonchev–Trinajstić information content (AvgIpc) is 3.13. The van der Waals surface area contributed by atoms with Crippen LogP contribution in [0, 0.1) is 0 Å². The predicted molar refractivity (Wildman–Crippen MR) is 153 cm³/mol. The molecule has 0 spiro atoms. The van der Waals surface area contributed by atoms with Crippen LogP contribution in [-0.4, -0.2) is 22.7 Å². The van der Waals surface area contributed by atoms with Gasteiger partial charge in [0.2, 0.25) is 0 Å². The molecule has 8 heteroatoms. The second-order valence-corrected chi connectivity index (χ2v) is 10.5. The zero-order chi connectivity index (χ0) is 26.4. The largest absolute Gasteiger partial charge is 0.490 e. The standard InChI is InChI=1S/C29H25BrClNO4S/c1-3-7-21-14-20(15-25(35-4-2)27(21)36-18-19-10-12-23(30)13-11-19)16-26-28(33)32(29(34)37-26)17-22-8-5-6-9-24(22)31/h3,5-6,8-16H,1,4,7,17-18H2,2H3/b26-16-. The van der Waals surface area contributed by atoms with Crippen molar-refractivity contribution in [2.24, 2.45) is 0 Å². The molecule has 5 nitrogen and oxygen atoms in total. The number of carbonyl (C=O) groups is 2. The van der Waals surface area contributed by atoms with Crippen molar-refractivity contribution in [3.05, 3.63) is 110 Å². The molecule has 0 saturated carbocycles. The van der Waals surface area contributed by atoms with E-state index < -0.39 is 0 Å². The summed E-state index contributed by atoms with van der Waals surface area (Å²) in [5, 5.41) is 0.182. The fourth-order valence-electron chi connectivity index (χ4n) is 3.82. The Labute approximate surface area is 234 Å². The van der Waals surface area contributed by atoms with Gasteiger partial charge in [0.1, 0.15) is 6.61 Å². The Hall–Kier alpha value is -3.00. The Morgan fingerprint density at radius 2 is 1.81 bits per heavy atom. The number of allylic oxidation sites excluding steroid dienone is 1. The Morgan fingerprint density at radius 3 is 2.51 bits per heavy atom. The van der Waals surface area contributed by atoms with Gasteiger partial charge in [-0.25, -0.2) is 0 Å². The fraction of sp³-hybridized carbons (Fsp3) is 0.172. The number of benzene rings is 3. The molecule has 4 rings (SSSR count). The summed E-state index contributed by atoms with van der Waals surface area (Å²) >= 11 is 10.6. The van der Waals surface area contributed by atoms with E-state index in [2.05, 4.69) is 22.5 Å². The number of imide groups is 1. The first-order chi connectivity index (χ1) is 17.9. The minimum Gasteiger partial charge on any atom is -0.490 e. The number of ether oxygens (including phenoxy) is 2. The molecule has 1 fully saturated rings. The smallest absolute Gasteiger partial charge is 0.293 e. The first-order valence-corrected chi connectivity index (χ1v) is 13.6. The van der Waals surface area contributed by atoms with Gasteiger partial charge >= 0.3 is 0 Å². The zero-order valence-electron chi connectivity index (χ0n) is 20.2. The summed E-state index contributed by atoms with van der Waals surface area (Å²) in [6, 6.07) is 18.9. The molecule has 1 heterocycles. The van der Waals surface area contributed by atoms with Crippen LogP contribution in [0.25, 0.3) is 6.08 Å². The number of hydrogen-bond acceptors (Lipinski definition) is 5. The molecule has 0 N–H and O–H groups in total. The maximum Gasteiger partial charge on any atom is 0.293 e. The van der Waals surface area contributed by atoms with Gasteiger partial charge in [0.15, 0.2) is 11.5 Å². The highest BCUT2D eigenvalue weighted by atomic mass is 79.9. The van der Waals surface area contributed by atoms with E-state index in [1.165, 1.54) is 4.90 Å². The highest BCUT2D eigenvalue weighted by Gasteiger charge is 2.35. The Morgan fingerprint density at radius 1 is 1.05 bits per heavy atom. The summed E-state index contributed by atoms with van der Waals surface area (Å²) in [7, 11) is 0. The van der Waals surface area contributed by atoms with Gasteiger partial charge in [0.25, 0.3) is 11.1 Å². The van der Waals surface area contributed by atoms with E-state index in [0.29, 0.717) is 46.6 Å². The van der Waals surface area contributed by atoms with Crippen molar-refractivity contribution >= 4 is 56.5 Å². The molecule has 0 aromatic heterocycles. The maximum atomic E-state index is 13.1. The van der Waals surface area contributed by atoms with Crippen molar-refractivity contribution in [3.8, 4) is 11.5 Å². The van der Waals surface area contributed by atoms with Gasteiger partial charge in [-0.1, -0.05) is 63.9 Å². The summed E-state index contributed by atoms with van der Waals surface area (Å²) in [6.45, 7) is 6.72. The molecule has 190 valence electrons. The van der Waals surface area contributed by atoms with Gasteiger partial charge < -0.3 is 9.47 Å². The normalized spacial score (nSPS) is 14.4. The number of rotatable bonds is 10. The van der Waals surface area contributed by atoms with Crippen LogP contribution in [0.5, 0.6) is 11.5 Å². The topological polar surface area (TPSA) is 55.8 Å². The Bertz CT molecular complexity index is 1360. The summed E-state index contributed by atoms with van der Waals surface area (Å²) in [6.07, 6.45) is 4.05. The minimum atomic E-state index is -0.353. The van der Waals surface area contributed by atoms with Gasteiger partial charge in [-0.3, -0.25) is 14.5 Å². The molecule has 2 amide bonds. The number of carbonyl (C=O) groups excluding carboxylic acids is 2. The van der Waals surface area contributed by atoms with Crippen molar-refractivity contribution in [1.29, 1.82) is 0 Å². The molecule has 0 unspecified atom stereocenters. The molecule has 0 radical (unpaired) electrons. The van der Waals surface area contributed by atoms with Crippen molar-refractivity contribution in [2.45, 2.75) is 26.5 Å². The first kappa shape index (κ1) is 27.0. The fourth-order valence-corrected chi connectivity index (χ4v) is 5.12. The molecule has 1 aliphatic heterocycles. The molecule has 1 aliphatic rings. The van der Waals surface area contributed by atoms with Gasteiger partial charge in [-0.05, 0) is 78.2 Å². The van der Waals surface area contributed by atoms with E-state index in [1.807, 2.05) is 55.5 Å². The van der Waals surface area contributed by atoms with Crippen molar-refractivity contribution in [1.82, 2.24) is 4.90 Å². The second kappa shape index (κ2) is 12.5. The van der Waals surface area contributed by atoms with E-state index >= 15 is 0 Å². The third-order valence-electron chi connectivity index (χ3n) is 5.57. The number of halogens is 2. The molecule has 3 aromatic carbocycles. The lowest BCUT2D eigenvalue weighted by Crippen LogP contribution is -2.27. The number of hydrogen-bond donors (Lipinski definition) is 0. The maximum absolute atomic E-state index is 13.1. The lowest BCUT2D eigenvalue weighted by atomic mass is 10.0. The van der Waals surface area contributed by atoms with Gasteiger partial charge in [0, 0.05) is 15.1 Å². The van der Waals surface area contributed by atoms with Crippen LogP contribution in [0.4, 0.5) is 4.79 Å². The third kappa shape index (κ3) is 6.66. The van der Waals surface area contributed by atoms with Crippen LogP contribution in [0.1, 0.15) is 29.2 Å². The number of nitrogens with zero attached hydrogens (tertiary/aromatic N) is 1. The lowest BCUT2D eigenvalue weighted by molar-refractivity contribution is -0.123. The van der Waals surface area contributed by atoms with Crippen molar-refractivity contribution in [2.75, 3.05) is 6.61 Å². The van der Waals surface area contributed by atoms with E-state index in [1.54, 1.807) is 24.3 Å². The molecule has 0 aliphatic carbocycles. The molecule has 3 aromatic rings. The monoisotopic (exact) mass is 597 g/mol. The van der Waals surface area contributed by atoms with Crippen molar-refractivity contribution < 1.29 is 19.1 Å². The van der Waals surface area contributed by atoms with Crippen LogP contribution in [0.15, 0.2) is 82.7 Å². The van der Waals surface area contributed by atoms with Crippen LogP contribution in [-0.2, 0) is 24.4 Å². The van der Waals surface area contributed by atoms with Crippen LogP contribution in [0.3, 0.4) is 0 Å². The van der Waals surface area contributed by atoms with Gasteiger partial charge in [-0.15, -0.1) is 6.58 Å². The van der Waals surface area contributed by atoms with Crippen LogP contribution < -0.4 is 9.47 Å². The van der Waals surface area contributed by atoms with Gasteiger partial charge in [-0.2, -0.15) is 0 Å². The van der Waals surface area contributed by atoms with E-state index in [-0.39, 0.29) is 17.7 Å². The Balaban J connectivity index is 1.62. The molecular formula is C29H25BrClNO4S. The van der Waals surface area contributed by atoms with Crippen molar-refractivity contribution in [3.63, 3.8) is 0 Å². The minimum absolute atomic E-state index is 0.121. The van der Waals surface area contributed by atoms with E-state index in [4.69, 9.17) is 21.1 Å². The average molecular weight is 599 g/mol. The predicted octanol–water partition coefficient (Wildman–Crippen LogP) is 8.05. The van der Waals surface area contributed by atoms with E-state index in [9.17, 15) is 9.59 Å². The molecule has 1 saturated heterocycles. The van der Waals surface area contributed by atoms with Crippen LogP contribution in [0.2, 0.25) is 5.02 Å². The summed E-state index contributed by atoms with van der Waals surface area (Å²) in [4.78, 5) is 27.3. The quantitative estimate of drug-likeness (QED) is 0.175. The Kier molecular flexibility index (Phi) is 9.14. The zero-order valence-corrected chi connectivity index (χ0v) is 23.4. The molecule has 0 bridgehead atoms. The second-order valence-electron chi connectivity index (χ2n) is 8.21. The molecule has 37 heavy (non-hydrogen) atoms. The molecule has 0 atom stereocenters. The van der Waals surface area contributed by atoms with Gasteiger partial charge in [0.05, 0.1) is 18.1 Å². The first-order valence-electron chi connectivity index (χ1n) is 11.7. The molecular weight excluding hydrogens is 574 g/mol.